The van der Waals surface area contributed by atoms with E-state index >= 15 is 0 Å². The summed E-state index contributed by atoms with van der Waals surface area (Å²) >= 11 is 1.63. The van der Waals surface area contributed by atoms with Crippen LogP contribution in [0.5, 0.6) is 0 Å². The summed E-state index contributed by atoms with van der Waals surface area (Å²) in [5.74, 6) is 0.896. The lowest BCUT2D eigenvalue weighted by Crippen LogP contribution is -2.42. The molecule has 1 aliphatic heterocycles. The van der Waals surface area contributed by atoms with Gasteiger partial charge in [0.1, 0.15) is 5.82 Å². The van der Waals surface area contributed by atoms with Gasteiger partial charge in [-0.05, 0) is 44.9 Å². The molecular weight excluding hydrogens is 354 g/mol. The SMILES string of the molecule is Cc1cc(C)nc(CNC2CCN(c3ccc(-c4cscn4)cc3)CC2)n1. The molecular formula is C21H25N5S. The van der Waals surface area contributed by atoms with Crippen LogP contribution in [0.15, 0.2) is 41.2 Å². The molecule has 27 heavy (non-hydrogen) atoms. The lowest BCUT2D eigenvalue weighted by Gasteiger charge is -2.34. The summed E-state index contributed by atoms with van der Waals surface area (Å²) in [6, 6.07) is 11.3. The summed E-state index contributed by atoms with van der Waals surface area (Å²) in [5.41, 5.74) is 7.49. The number of aryl methyl sites for hydroxylation is 2. The van der Waals surface area contributed by atoms with Crippen LogP contribution in [-0.4, -0.2) is 34.1 Å². The summed E-state index contributed by atoms with van der Waals surface area (Å²) < 4.78 is 0. The zero-order valence-electron chi connectivity index (χ0n) is 15.9. The molecule has 1 aromatic carbocycles. The van der Waals surface area contributed by atoms with E-state index in [0.717, 1.165) is 55.4 Å². The van der Waals surface area contributed by atoms with E-state index in [0.29, 0.717) is 6.04 Å². The maximum Gasteiger partial charge on any atom is 0.142 e. The van der Waals surface area contributed by atoms with Crippen LogP contribution in [0.1, 0.15) is 30.1 Å². The van der Waals surface area contributed by atoms with Crippen LogP contribution < -0.4 is 10.2 Å². The quantitative estimate of drug-likeness (QED) is 0.727. The molecule has 2 aromatic heterocycles. The van der Waals surface area contributed by atoms with Gasteiger partial charge < -0.3 is 10.2 Å². The van der Waals surface area contributed by atoms with Gasteiger partial charge in [-0.3, -0.25) is 0 Å². The van der Waals surface area contributed by atoms with Crippen LogP contribution in [0.2, 0.25) is 0 Å². The second-order valence-corrected chi connectivity index (χ2v) is 7.85. The first kappa shape index (κ1) is 18.1. The number of anilines is 1. The van der Waals surface area contributed by atoms with Crippen molar-refractivity contribution in [3.8, 4) is 11.3 Å². The second-order valence-electron chi connectivity index (χ2n) is 7.13. The fraction of sp³-hybridized carbons (Fsp3) is 0.381. The Morgan fingerprint density at radius 2 is 1.78 bits per heavy atom. The van der Waals surface area contributed by atoms with Gasteiger partial charge in [-0.1, -0.05) is 12.1 Å². The van der Waals surface area contributed by atoms with Crippen molar-refractivity contribution >= 4 is 17.0 Å². The molecule has 3 heterocycles. The van der Waals surface area contributed by atoms with Crippen molar-refractivity contribution in [1.82, 2.24) is 20.3 Å². The van der Waals surface area contributed by atoms with E-state index in [1.807, 2.05) is 25.4 Å². The van der Waals surface area contributed by atoms with Gasteiger partial charge in [0.15, 0.2) is 0 Å². The first-order valence-electron chi connectivity index (χ1n) is 9.45. The minimum Gasteiger partial charge on any atom is -0.371 e. The number of thiazole rings is 1. The minimum atomic E-state index is 0.528. The van der Waals surface area contributed by atoms with Gasteiger partial charge >= 0.3 is 0 Å². The van der Waals surface area contributed by atoms with Gasteiger partial charge in [0.25, 0.3) is 0 Å². The van der Waals surface area contributed by atoms with Gasteiger partial charge in [-0.2, -0.15) is 0 Å². The molecule has 3 aromatic rings. The van der Waals surface area contributed by atoms with Gasteiger partial charge in [0.05, 0.1) is 17.7 Å². The Bertz CT molecular complexity index is 848. The first-order chi connectivity index (χ1) is 13.2. The van der Waals surface area contributed by atoms with E-state index in [2.05, 4.69) is 54.8 Å². The molecule has 0 unspecified atom stereocenters. The summed E-state index contributed by atoms with van der Waals surface area (Å²) in [4.78, 5) is 15.9. The summed E-state index contributed by atoms with van der Waals surface area (Å²) in [7, 11) is 0. The Kier molecular flexibility index (Phi) is 5.45. The average Bonchev–Trinajstić information content (AvgIpc) is 3.21. The van der Waals surface area contributed by atoms with Gasteiger partial charge in [-0.15, -0.1) is 11.3 Å². The van der Waals surface area contributed by atoms with E-state index in [4.69, 9.17) is 0 Å². The standard InChI is InChI=1S/C21H25N5S/c1-15-11-16(2)25-21(24-15)12-22-18-7-9-26(10-8-18)19-5-3-17(4-6-19)20-13-27-14-23-20/h3-6,11,13-14,18,22H,7-10,12H2,1-2H3. The topological polar surface area (TPSA) is 53.9 Å². The molecule has 1 saturated heterocycles. The molecule has 6 heteroatoms. The maximum absolute atomic E-state index is 4.52. The van der Waals surface area contributed by atoms with Crippen molar-refractivity contribution in [2.45, 2.75) is 39.3 Å². The molecule has 1 aliphatic rings. The summed E-state index contributed by atoms with van der Waals surface area (Å²) in [6.07, 6.45) is 2.28. The van der Waals surface area contributed by atoms with Crippen molar-refractivity contribution in [3.05, 3.63) is 58.4 Å². The predicted octanol–water partition coefficient (Wildman–Crippen LogP) is 3.98. The van der Waals surface area contributed by atoms with E-state index in [9.17, 15) is 0 Å². The van der Waals surface area contributed by atoms with Crippen molar-refractivity contribution in [2.24, 2.45) is 0 Å². The van der Waals surface area contributed by atoms with Crippen LogP contribution in [0.4, 0.5) is 5.69 Å². The number of aromatic nitrogens is 3. The van der Waals surface area contributed by atoms with Crippen LogP contribution in [0.25, 0.3) is 11.3 Å². The number of hydrogen-bond donors (Lipinski definition) is 1. The largest absolute Gasteiger partial charge is 0.371 e. The molecule has 0 amide bonds. The molecule has 0 spiro atoms. The number of rotatable bonds is 5. The normalized spacial score (nSPS) is 15.3. The van der Waals surface area contributed by atoms with Gasteiger partial charge in [0.2, 0.25) is 0 Å². The van der Waals surface area contributed by atoms with E-state index in [1.165, 1.54) is 11.3 Å². The maximum atomic E-state index is 4.52. The Balaban J connectivity index is 1.29. The third-order valence-corrected chi connectivity index (χ3v) is 5.62. The first-order valence-corrected chi connectivity index (χ1v) is 10.4. The lowest BCUT2D eigenvalue weighted by molar-refractivity contribution is 0.409. The highest BCUT2D eigenvalue weighted by molar-refractivity contribution is 7.07. The summed E-state index contributed by atoms with van der Waals surface area (Å²) in [6.45, 7) is 6.94. The molecule has 0 saturated carbocycles. The molecule has 1 fully saturated rings. The molecule has 140 valence electrons. The number of nitrogens with zero attached hydrogens (tertiary/aromatic N) is 4. The van der Waals surface area contributed by atoms with E-state index in [1.54, 1.807) is 11.3 Å². The highest BCUT2D eigenvalue weighted by Crippen LogP contribution is 2.25. The van der Waals surface area contributed by atoms with Crippen LogP contribution in [0.3, 0.4) is 0 Å². The number of piperidine rings is 1. The summed E-state index contributed by atoms with van der Waals surface area (Å²) in [5, 5.41) is 5.72. The van der Waals surface area contributed by atoms with Crippen molar-refractivity contribution in [1.29, 1.82) is 0 Å². The Labute approximate surface area is 164 Å². The fourth-order valence-electron chi connectivity index (χ4n) is 3.65. The number of nitrogens with one attached hydrogen (secondary N) is 1. The number of benzene rings is 1. The number of hydrogen-bond acceptors (Lipinski definition) is 6. The monoisotopic (exact) mass is 379 g/mol. The van der Waals surface area contributed by atoms with Crippen LogP contribution >= 0.6 is 11.3 Å². The van der Waals surface area contributed by atoms with Crippen LogP contribution in [0, 0.1) is 13.8 Å². The highest BCUT2D eigenvalue weighted by Gasteiger charge is 2.19. The smallest absolute Gasteiger partial charge is 0.142 e. The van der Waals surface area contributed by atoms with E-state index in [-0.39, 0.29) is 0 Å². The average molecular weight is 380 g/mol. The molecule has 0 aliphatic carbocycles. The predicted molar refractivity (Wildman–Crippen MR) is 111 cm³/mol. The third-order valence-electron chi connectivity index (χ3n) is 5.03. The lowest BCUT2D eigenvalue weighted by atomic mass is 10.0. The fourth-order valence-corrected chi connectivity index (χ4v) is 4.21. The van der Waals surface area contributed by atoms with Crippen molar-refractivity contribution in [2.75, 3.05) is 18.0 Å². The van der Waals surface area contributed by atoms with Crippen molar-refractivity contribution in [3.63, 3.8) is 0 Å². The molecule has 0 radical (unpaired) electrons. The van der Waals surface area contributed by atoms with E-state index < -0.39 is 0 Å². The molecule has 0 bridgehead atoms. The highest BCUT2D eigenvalue weighted by atomic mass is 32.1. The Hall–Kier alpha value is -2.31. The third kappa shape index (κ3) is 4.51. The molecule has 0 atom stereocenters. The Morgan fingerprint density at radius 1 is 1.07 bits per heavy atom. The van der Waals surface area contributed by atoms with Gasteiger partial charge in [0, 0.05) is 47.2 Å². The molecule has 4 rings (SSSR count). The minimum absolute atomic E-state index is 0.528. The zero-order chi connectivity index (χ0) is 18.6. The Morgan fingerprint density at radius 3 is 2.41 bits per heavy atom. The zero-order valence-corrected chi connectivity index (χ0v) is 16.7. The van der Waals surface area contributed by atoms with Crippen molar-refractivity contribution < 1.29 is 0 Å². The van der Waals surface area contributed by atoms with Gasteiger partial charge in [-0.25, -0.2) is 15.0 Å². The molecule has 5 nitrogen and oxygen atoms in total. The van der Waals surface area contributed by atoms with Crippen LogP contribution in [-0.2, 0) is 6.54 Å². The molecule has 1 N–H and O–H groups in total. The second kappa shape index (κ2) is 8.15.